The fourth-order valence-electron chi connectivity index (χ4n) is 0.812. The number of hydrogen-bond acceptors (Lipinski definition) is 1. The van der Waals surface area contributed by atoms with E-state index in [-0.39, 0.29) is 14.6 Å². The van der Waals surface area contributed by atoms with Gasteiger partial charge < -0.3 is 5.32 Å². The molecule has 8 heteroatoms. The summed E-state index contributed by atoms with van der Waals surface area (Å²) in [5.41, 5.74) is -0.289. The van der Waals surface area contributed by atoms with Crippen LogP contribution < -0.4 is 5.32 Å². The number of hydrogen-bond donors (Lipinski definition) is 1. The summed E-state index contributed by atoms with van der Waals surface area (Å²) in [6.07, 6.45) is -5.01. The van der Waals surface area contributed by atoms with Crippen molar-refractivity contribution in [3.05, 3.63) is 26.9 Å². The smallest absolute Gasteiger partial charge is 0.317 e. The first-order valence-electron chi connectivity index (χ1n) is 3.74. The van der Waals surface area contributed by atoms with Gasteiger partial charge in [0.2, 0.25) is 0 Å². The molecule has 1 aromatic carbocycles. The van der Waals surface area contributed by atoms with Crippen LogP contribution >= 0.6 is 31.9 Å². The Balaban J connectivity index is 2.99. The van der Waals surface area contributed by atoms with Crippen LogP contribution in [0.5, 0.6) is 0 Å². The molecule has 0 fully saturated rings. The van der Waals surface area contributed by atoms with Gasteiger partial charge in [-0.15, -0.1) is 0 Å². The molecule has 0 bridgehead atoms. The van der Waals surface area contributed by atoms with E-state index < -0.39 is 17.9 Å². The zero-order valence-corrected chi connectivity index (χ0v) is 10.5. The third kappa shape index (κ3) is 3.18. The SMILES string of the molecule is O=C(Nc1cc(F)c(Br)cc1Br)C(F)(F)F. The lowest BCUT2D eigenvalue weighted by molar-refractivity contribution is -0.167. The van der Waals surface area contributed by atoms with Crippen molar-refractivity contribution in [1.82, 2.24) is 0 Å². The lowest BCUT2D eigenvalue weighted by atomic mass is 10.3. The second-order valence-corrected chi connectivity index (χ2v) is 4.41. The lowest BCUT2D eigenvalue weighted by Gasteiger charge is -2.10. The molecule has 0 aliphatic carbocycles. The number of amides is 1. The van der Waals surface area contributed by atoms with Gasteiger partial charge in [0.15, 0.2) is 0 Å². The molecule has 1 aromatic rings. The Labute approximate surface area is 104 Å². The average molecular weight is 365 g/mol. The molecule has 16 heavy (non-hydrogen) atoms. The van der Waals surface area contributed by atoms with Gasteiger partial charge >= 0.3 is 12.1 Å². The van der Waals surface area contributed by atoms with Crippen LogP contribution in [0.15, 0.2) is 21.1 Å². The average Bonchev–Trinajstić information content (AvgIpc) is 2.12. The summed E-state index contributed by atoms with van der Waals surface area (Å²) in [7, 11) is 0. The molecule has 0 saturated heterocycles. The van der Waals surface area contributed by atoms with E-state index in [0.717, 1.165) is 6.07 Å². The fourth-order valence-corrected chi connectivity index (χ4v) is 1.90. The molecule has 0 atom stereocenters. The Morgan fingerprint density at radius 3 is 2.25 bits per heavy atom. The Morgan fingerprint density at radius 2 is 1.75 bits per heavy atom. The Bertz CT molecular complexity index is 433. The van der Waals surface area contributed by atoms with Gasteiger partial charge in [-0.3, -0.25) is 4.79 Å². The molecule has 88 valence electrons. The molecule has 0 spiro atoms. The summed E-state index contributed by atoms with van der Waals surface area (Å²) in [5, 5.41) is 1.55. The molecular formula is C8H3Br2F4NO. The molecule has 0 heterocycles. The molecule has 0 aromatic heterocycles. The van der Waals surface area contributed by atoms with Gasteiger partial charge in [-0.05, 0) is 44.0 Å². The van der Waals surface area contributed by atoms with Crippen molar-refractivity contribution in [1.29, 1.82) is 0 Å². The van der Waals surface area contributed by atoms with Crippen LogP contribution in [-0.2, 0) is 4.79 Å². The van der Waals surface area contributed by atoms with Gasteiger partial charge in [-0.2, -0.15) is 13.2 Å². The van der Waals surface area contributed by atoms with Crippen molar-refractivity contribution in [2.45, 2.75) is 6.18 Å². The van der Waals surface area contributed by atoms with Crippen LogP contribution in [0.25, 0.3) is 0 Å². The normalized spacial score (nSPS) is 11.4. The van der Waals surface area contributed by atoms with Gasteiger partial charge in [0.1, 0.15) is 5.82 Å². The molecule has 2 nitrogen and oxygen atoms in total. The first-order chi connectivity index (χ1) is 7.21. The number of benzene rings is 1. The summed E-state index contributed by atoms with van der Waals surface area (Å²) in [5.74, 6) is -2.93. The van der Waals surface area contributed by atoms with Crippen LogP contribution in [-0.4, -0.2) is 12.1 Å². The van der Waals surface area contributed by atoms with E-state index in [0.29, 0.717) is 0 Å². The summed E-state index contributed by atoms with van der Waals surface area (Å²) >= 11 is 5.74. The van der Waals surface area contributed by atoms with E-state index in [1.807, 2.05) is 0 Å². The molecule has 1 rings (SSSR count). The van der Waals surface area contributed by atoms with Crippen molar-refractivity contribution in [3.63, 3.8) is 0 Å². The Morgan fingerprint density at radius 1 is 1.19 bits per heavy atom. The Kier molecular flexibility index (Phi) is 3.95. The third-order valence-electron chi connectivity index (χ3n) is 1.52. The largest absolute Gasteiger partial charge is 0.471 e. The highest BCUT2D eigenvalue weighted by molar-refractivity contribution is 9.11. The summed E-state index contributed by atoms with van der Waals surface area (Å²) in [6.45, 7) is 0. The summed E-state index contributed by atoms with van der Waals surface area (Å²) in [6, 6.07) is 1.97. The number of anilines is 1. The lowest BCUT2D eigenvalue weighted by Crippen LogP contribution is -2.30. The molecule has 0 radical (unpaired) electrons. The van der Waals surface area contributed by atoms with Crippen molar-refractivity contribution in [2.75, 3.05) is 5.32 Å². The minimum absolute atomic E-state index is 0.0735. The maximum absolute atomic E-state index is 13.0. The van der Waals surface area contributed by atoms with Crippen LogP contribution in [0.2, 0.25) is 0 Å². The first kappa shape index (κ1) is 13.4. The van der Waals surface area contributed by atoms with Crippen molar-refractivity contribution in [3.8, 4) is 0 Å². The van der Waals surface area contributed by atoms with E-state index >= 15 is 0 Å². The molecule has 1 N–H and O–H groups in total. The van der Waals surface area contributed by atoms with E-state index in [9.17, 15) is 22.4 Å². The molecule has 0 aliphatic rings. The van der Waals surface area contributed by atoms with Crippen molar-refractivity contribution < 1.29 is 22.4 Å². The van der Waals surface area contributed by atoms with Crippen LogP contribution in [0, 0.1) is 5.82 Å². The maximum Gasteiger partial charge on any atom is 0.471 e. The van der Waals surface area contributed by atoms with Gasteiger partial charge in [0, 0.05) is 4.47 Å². The van der Waals surface area contributed by atoms with Gasteiger partial charge in [0.25, 0.3) is 0 Å². The highest BCUT2D eigenvalue weighted by Gasteiger charge is 2.39. The second kappa shape index (κ2) is 4.70. The zero-order chi connectivity index (χ0) is 12.5. The second-order valence-electron chi connectivity index (χ2n) is 2.70. The highest BCUT2D eigenvalue weighted by atomic mass is 79.9. The van der Waals surface area contributed by atoms with Crippen molar-refractivity contribution in [2.24, 2.45) is 0 Å². The van der Waals surface area contributed by atoms with Crippen molar-refractivity contribution >= 4 is 43.5 Å². The van der Waals surface area contributed by atoms with E-state index in [1.165, 1.54) is 6.07 Å². The third-order valence-corrected chi connectivity index (χ3v) is 2.78. The topological polar surface area (TPSA) is 29.1 Å². The first-order valence-corrected chi connectivity index (χ1v) is 5.33. The van der Waals surface area contributed by atoms with Gasteiger partial charge in [0.05, 0.1) is 10.2 Å². The fraction of sp³-hybridized carbons (Fsp3) is 0.125. The molecule has 1 amide bonds. The maximum atomic E-state index is 13.0. The van der Waals surface area contributed by atoms with Crippen LogP contribution in [0.3, 0.4) is 0 Å². The predicted octanol–water partition coefficient (Wildman–Crippen LogP) is 3.85. The van der Waals surface area contributed by atoms with Crippen LogP contribution in [0.4, 0.5) is 23.2 Å². The molecule has 0 unspecified atom stereocenters. The molecule has 0 saturated carbocycles. The minimum atomic E-state index is -5.01. The predicted molar refractivity (Wildman–Crippen MR) is 56.5 cm³/mol. The number of carbonyl (C=O) groups is 1. The van der Waals surface area contributed by atoms with Crippen LogP contribution in [0.1, 0.15) is 0 Å². The number of rotatable bonds is 1. The summed E-state index contributed by atoms with van der Waals surface area (Å²) < 4.78 is 49.0. The van der Waals surface area contributed by atoms with Gasteiger partial charge in [-0.1, -0.05) is 0 Å². The standard InChI is InChI=1S/C8H3Br2F4NO/c9-3-1-4(10)6(2-5(3)11)15-7(16)8(12,13)14/h1-2H,(H,15,16). The monoisotopic (exact) mass is 363 g/mol. The van der Waals surface area contributed by atoms with E-state index in [4.69, 9.17) is 0 Å². The van der Waals surface area contributed by atoms with E-state index in [2.05, 4.69) is 31.9 Å². The number of nitrogens with one attached hydrogen (secondary N) is 1. The minimum Gasteiger partial charge on any atom is -0.317 e. The Hall–Kier alpha value is -0.630. The number of alkyl halides is 3. The van der Waals surface area contributed by atoms with E-state index in [1.54, 1.807) is 5.32 Å². The zero-order valence-electron chi connectivity index (χ0n) is 7.33. The number of halogens is 6. The summed E-state index contributed by atoms with van der Waals surface area (Å²) in [4.78, 5) is 10.6. The number of carbonyl (C=O) groups excluding carboxylic acids is 1. The highest BCUT2D eigenvalue weighted by Crippen LogP contribution is 2.30. The molecule has 0 aliphatic heterocycles. The quantitative estimate of drug-likeness (QED) is 0.595. The molecular weight excluding hydrogens is 362 g/mol. The van der Waals surface area contributed by atoms with Gasteiger partial charge in [-0.25, -0.2) is 4.39 Å².